The van der Waals surface area contributed by atoms with Crippen LogP contribution in [-0.2, 0) is 10.0 Å². The Morgan fingerprint density at radius 3 is 2.35 bits per heavy atom. The van der Waals surface area contributed by atoms with Crippen LogP contribution in [0.25, 0.3) is 0 Å². The van der Waals surface area contributed by atoms with Crippen LogP contribution in [0.5, 0.6) is 0 Å². The van der Waals surface area contributed by atoms with Crippen molar-refractivity contribution in [2.75, 3.05) is 18.4 Å². The second-order valence-corrected chi connectivity index (χ2v) is 9.26. The molecule has 1 heterocycles. The van der Waals surface area contributed by atoms with Gasteiger partial charge in [0.15, 0.2) is 0 Å². The molecule has 26 heavy (non-hydrogen) atoms. The Kier molecular flexibility index (Phi) is 5.79. The van der Waals surface area contributed by atoms with Gasteiger partial charge in [0.1, 0.15) is 0 Å². The number of rotatable bonds is 4. The summed E-state index contributed by atoms with van der Waals surface area (Å²) in [6.45, 7) is 2.95. The van der Waals surface area contributed by atoms with Gasteiger partial charge in [-0.05, 0) is 61.7 Å². The molecule has 7 heteroatoms. The molecule has 0 unspecified atom stereocenters. The third kappa shape index (κ3) is 4.16. The number of carbonyl (C=O) groups is 1. The SMILES string of the molecule is Cc1ccc(S(=O)(=O)N2CCCCC2)cc1NC(=O)c1ccc(Br)cc1. The maximum Gasteiger partial charge on any atom is 0.255 e. The summed E-state index contributed by atoms with van der Waals surface area (Å²) < 4.78 is 28.1. The lowest BCUT2D eigenvalue weighted by Gasteiger charge is -2.26. The van der Waals surface area contributed by atoms with Crippen molar-refractivity contribution in [3.05, 3.63) is 58.1 Å². The number of aryl methyl sites for hydroxylation is 1. The summed E-state index contributed by atoms with van der Waals surface area (Å²) in [5, 5.41) is 2.82. The van der Waals surface area contributed by atoms with Crippen LogP contribution in [-0.4, -0.2) is 31.7 Å². The zero-order valence-corrected chi connectivity index (χ0v) is 16.9. The van der Waals surface area contributed by atoms with Gasteiger partial charge in [0.25, 0.3) is 5.91 Å². The average molecular weight is 437 g/mol. The van der Waals surface area contributed by atoms with E-state index in [4.69, 9.17) is 0 Å². The van der Waals surface area contributed by atoms with Gasteiger partial charge in [-0.1, -0.05) is 28.4 Å². The Morgan fingerprint density at radius 2 is 1.69 bits per heavy atom. The van der Waals surface area contributed by atoms with Crippen molar-refractivity contribution >= 4 is 37.5 Å². The van der Waals surface area contributed by atoms with E-state index in [-0.39, 0.29) is 10.8 Å². The first-order valence-electron chi connectivity index (χ1n) is 8.55. The van der Waals surface area contributed by atoms with Crippen molar-refractivity contribution in [1.29, 1.82) is 0 Å². The number of sulfonamides is 1. The number of carbonyl (C=O) groups excluding carboxylic acids is 1. The molecule has 2 aromatic carbocycles. The quantitative estimate of drug-likeness (QED) is 0.781. The van der Waals surface area contributed by atoms with E-state index in [1.807, 2.05) is 6.92 Å². The molecule has 1 aliphatic heterocycles. The molecule has 0 aliphatic carbocycles. The third-order valence-corrected chi connectivity index (χ3v) is 6.94. The van der Waals surface area contributed by atoms with E-state index in [1.54, 1.807) is 42.5 Å². The molecule has 0 saturated carbocycles. The van der Waals surface area contributed by atoms with Crippen LogP contribution in [0, 0.1) is 6.92 Å². The van der Waals surface area contributed by atoms with Crippen molar-refractivity contribution < 1.29 is 13.2 Å². The van der Waals surface area contributed by atoms with Gasteiger partial charge in [0.05, 0.1) is 4.90 Å². The maximum atomic E-state index is 12.9. The number of nitrogens with zero attached hydrogens (tertiary/aromatic N) is 1. The van der Waals surface area contributed by atoms with Crippen molar-refractivity contribution in [1.82, 2.24) is 4.31 Å². The molecule has 0 aromatic heterocycles. The Bertz CT molecular complexity index is 905. The second kappa shape index (κ2) is 7.90. The minimum Gasteiger partial charge on any atom is -0.322 e. The van der Waals surface area contributed by atoms with Crippen LogP contribution in [0.3, 0.4) is 0 Å². The highest BCUT2D eigenvalue weighted by Gasteiger charge is 2.26. The summed E-state index contributed by atoms with van der Waals surface area (Å²) in [7, 11) is -3.53. The summed E-state index contributed by atoms with van der Waals surface area (Å²) in [5.74, 6) is -0.270. The maximum absolute atomic E-state index is 12.9. The van der Waals surface area contributed by atoms with E-state index in [1.165, 1.54) is 4.31 Å². The molecule has 0 radical (unpaired) electrons. The smallest absolute Gasteiger partial charge is 0.255 e. The van der Waals surface area contributed by atoms with E-state index >= 15 is 0 Å². The first kappa shape index (κ1) is 19.1. The fourth-order valence-electron chi connectivity index (χ4n) is 2.95. The summed E-state index contributed by atoms with van der Waals surface area (Å²) in [6, 6.07) is 11.9. The normalized spacial score (nSPS) is 15.6. The molecule has 3 rings (SSSR count). The Balaban J connectivity index is 1.85. The molecule has 138 valence electrons. The first-order chi connectivity index (χ1) is 12.4. The van der Waals surface area contributed by atoms with E-state index in [0.717, 1.165) is 29.3 Å². The van der Waals surface area contributed by atoms with Crippen molar-refractivity contribution in [2.45, 2.75) is 31.1 Å². The lowest BCUT2D eigenvalue weighted by atomic mass is 10.1. The first-order valence-corrected chi connectivity index (χ1v) is 10.8. The molecule has 5 nitrogen and oxygen atoms in total. The molecular formula is C19H21BrN2O3S. The van der Waals surface area contributed by atoms with Gasteiger partial charge in [0, 0.05) is 28.8 Å². The van der Waals surface area contributed by atoms with E-state index in [2.05, 4.69) is 21.2 Å². The van der Waals surface area contributed by atoms with Crippen molar-refractivity contribution in [3.63, 3.8) is 0 Å². The molecule has 1 saturated heterocycles. The number of halogens is 1. The number of piperidine rings is 1. The summed E-state index contributed by atoms with van der Waals surface area (Å²) in [5.41, 5.74) is 1.83. The number of hydrogen-bond donors (Lipinski definition) is 1. The summed E-state index contributed by atoms with van der Waals surface area (Å²) >= 11 is 3.34. The molecule has 0 atom stereocenters. The molecule has 1 amide bonds. The van der Waals surface area contributed by atoms with Gasteiger partial charge < -0.3 is 5.32 Å². The highest BCUT2D eigenvalue weighted by molar-refractivity contribution is 9.10. The van der Waals surface area contributed by atoms with Gasteiger partial charge in [0.2, 0.25) is 10.0 Å². The third-order valence-electron chi connectivity index (χ3n) is 4.52. The topological polar surface area (TPSA) is 66.5 Å². The van der Waals surface area contributed by atoms with Gasteiger partial charge in [-0.15, -0.1) is 0 Å². The minimum atomic E-state index is -3.53. The fraction of sp³-hybridized carbons (Fsp3) is 0.316. The average Bonchev–Trinajstić information content (AvgIpc) is 2.64. The minimum absolute atomic E-state index is 0.219. The van der Waals surface area contributed by atoms with Gasteiger partial charge in [-0.3, -0.25) is 4.79 Å². The molecule has 2 aromatic rings. The Hall–Kier alpha value is -1.70. The highest BCUT2D eigenvalue weighted by atomic mass is 79.9. The monoisotopic (exact) mass is 436 g/mol. The second-order valence-electron chi connectivity index (χ2n) is 6.40. The molecule has 0 spiro atoms. The standard InChI is InChI=1S/C19H21BrN2O3S/c1-14-5-10-17(26(24,25)22-11-3-2-4-12-22)13-18(14)21-19(23)15-6-8-16(20)9-7-15/h5-10,13H,2-4,11-12H2,1H3,(H,21,23). The predicted octanol–water partition coefficient (Wildman–Crippen LogP) is 4.18. The lowest BCUT2D eigenvalue weighted by Crippen LogP contribution is -2.35. The number of hydrogen-bond acceptors (Lipinski definition) is 3. The Morgan fingerprint density at radius 1 is 1.04 bits per heavy atom. The zero-order chi connectivity index (χ0) is 18.7. The number of nitrogens with one attached hydrogen (secondary N) is 1. The zero-order valence-electron chi connectivity index (χ0n) is 14.5. The van der Waals surface area contributed by atoms with Crippen LogP contribution in [0.2, 0.25) is 0 Å². The van der Waals surface area contributed by atoms with Crippen LogP contribution in [0.15, 0.2) is 51.8 Å². The highest BCUT2D eigenvalue weighted by Crippen LogP contribution is 2.25. The van der Waals surface area contributed by atoms with E-state index < -0.39 is 10.0 Å². The molecular weight excluding hydrogens is 416 g/mol. The number of anilines is 1. The van der Waals surface area contributed by atoms with Gasteiger partial charge in [-0.25, -0.2) is 8.42 Å². The number of amides is 1. The van der Waals surface area contributed by atoms with E-state index in [9.17, 15) is 13.2 Å². The Labute approximate surface area is 162 Å². The van der Waals surface area contributed by atoms with E-state index in [0.29, 0.717) is 24.3 Å². The fourth-order valence-corrected chi connectivity index (χ4v) is 4.75. The van der Waals surface area contributed by atoms with Crippen molar-refractivity contribution in [3.8, 4) is 0 Å². The lowest BCUT2D eigenvalue weighted by molar-refractivity contribution is 0.102. The predicted molar refractivity (Wildman–Crippen MR) is 106 cm³/mol. The van der Waals surface area contributed by atoms with Crippen LogP contribution >= 0.6 is 15.9 Å². The van der Waals surface area contributed by atoms with Crippen LogP contribution < -0.4 is 5.32 Å². The number of benzene rings is 2. The molecule has 1 N–H and O–H groups in total. The van der Waals surface area contributed by atoms with Crippen LogP contribution in [0.4, 0.5) is 5.69 Å². The summed E-state index contributed by atoms with van der Waals surface area (Å²) in [6.07, 6.45) is 2.84. The molecule has 1 aliphatic rings. The molecule has 0 bridgehead atoms. The largest absolute Gasteiger partial charge is 0.322 e. The van der Waals surface area contributed by atoms with Crippen molar-refractivity contribution in [2.24, 2.45) is 0 Å². The molecule has 1 fully saturated rings. The van der Waals surface area contributed by atoms with Gasteiger partial charge in [-0.2, -0.15) is 4.31 Å². The van der Waals surface area contributed by atoms with Gasteiger partial charge >= 0.3 is 0 Å². The van der Waals surface area contributed by atoms with Crippen LogP contribution in [0.1, 0.15) is 35.2 Å². The summed E-state index contributed by atoms with van der Waals surface area (Å²) in [4.78, 5) is 12.7.